The smallest absolute Gasteiger partial charge is 0.346 e. The molecule has 1 aliphatic heterocycles. The Hall–Kier alpha value is -3.43. The Labute approximate surface area is 192 Å². The van der Waals surface area contributed by atoms with Crippen LogP contribution in [0.5, 0.6) is 11.5 Å². The number of thioether (sulfide) groups is 1. The van der Waals surface area contributed by atoms with Crippen molar-refractivity contribution in [2.75, 3.05) is 7.11 Å². The van der Waals surface area contributed by atoms with Gasteiger partial charge in [-0.1, -0.05) is 42.2 Å². The van der Waals surface area contributed by atoms with E-state index in [0.717, 1.165) is 0 Å². The van der Waals surface area contributed by atoms with Gasteiger partial charge in [-0.2, -0.15) is 0 Å². The Morgan fingerprint density at radius 1 is 1.19 bits per heavy atom. The molecular weight excluding hydrogens is 453 g/mol. The van der Waals surface area contributed by atoms with Crippen molar-refractivity contribution < 1.29 is 27.9 Å². The molecule has 0 aliphatic carbocycles. The van der Waals surface area contributed by atoms with Gasteiger partial charge in [0.2, 0.25) is 0 Å². The first-order chi connectivity index (χ1) is 15.5. The van der Waals surface area contributed by atoms with Gasteiger partial charge in [-0.25, -0.2) is 9.18 Å². The highest BCUT2D eigenvalue weighted by Gasteiger charge is 2.32. The summed E-state index contributed by atoms with van der Waals surface area (Å²) in [5.41, 5.74) is 0.463. The van der Waals surface area contributed by atoms with Crippen molar-refractivity contribution in [2.24, 2.45) is 0 Å². The van der Waals surface area contributed by atoms with Crippen molar-refractivity contribution in [1.29, 1.82) is 0 Å². The Kier molecular flexibility index (Phi) is 6.38. The molecule has 1 amide bonds. The number of ether oxygens (including phenoxy) is 2. The number of halogens is 1. The topological polar surface area (TPSA) is 69.0 Å². The molecule has 6 nitrogen and oxygen atoms in total. The molecule has 0 unspecified atom stereocenters. The van der Waals surface area contributed by atoms with Crippen molar-refractivity contribution >= 4 is 46.3 Å². The van der Waals surface area contributed by atoms with Crippen LogP contribution in [0.3, 0.4) is 0 Å². The van der Waals surface area contributed by atoms with E-state index in [1.54, 1.807) is 36.4 Å². The summed E-state index contributed by atoms with van der Waals surface area (Å²) in [6.07, 6.45) is 3.21. The molecule has 1 aliphatic rings. The highest BCUT2D eigenvalue weighted by Crippen LogP contribution is 2.35. The van der Waals surface area contributed by atoms with Crippen LogP contribution in [0.25, 0.3) is 6.08 Å². The second kappa shape index (κ2) is 9.37. The summed E-state index contributed by atoms with van der Waals surface area (Å²) in [5.74, 6) is -0.731. The predicted octanol–water partition coefficient (Wildman–Crippen LogP) is 5.05. The first kappa shape index (κ1) is 21.8. The third kappa shape index (κ3) is 4.58. The lowest BCUT2D eigenvalue weighted by Crippen LogP contribution is -2.27. The number of esters is 1. The van der Waals surface area contributed by atoms with Crippen LogP contribution in [0.1, 0.15) is 21.7 Å². The number of carbonyl (C=O) groups excluding carboxylic acids is 2. The van der Waals surface area contributed by atoms with Gasteiger partial charge in [-0.3, -0.25) is 9.69 Å². The van der Waals surface area contributed by atoms with Crippen LogP contribution in [0, 0.1) is 5.82 Å². The van der Waals surface area contributed by atoms with E-state index in [4.69, 9.17) is 26.1 Å². The zero-order chi connectivity index (χ0) is 22.7. The minimum absolute atomic E-state index is 0.128. The Bertz CT molecular complexity index is 1220. The van der Waals surface area contributed by atoms with E-state index in [1.165, 1.54) is 54.3 Å². The number of methoxy groups -OCH3 is 1. The van der Waals surface area contributed by atoms with Gasteiger partial charge in [0.1, 0.15) is 15.9 Å². The lowest BCUT2D eigenvalue weighted by molar-refractivity contribution is -0.122. The molecule has 9 heteroatoms. The van der Waals surface area contributed by atoms with E-state index in [2.05, 4.69) is 0 Å². The van der Waals surface area contributed by atoms with Gasteiger partial charge < -0.3 is 13.9 Å². The van der Waals surface area contributed by atoms with Crippen molar-refractivity contribution in [3.05, 3.63) is 88.5 Å². The number of hydrogen-bond donors (Lipinski definition) is 0. The molecule has 1 aromatic heterocycles. The molecule has 0 saturated carbocycles. The largest absolute Gasteiger partial charge is 0.493 e. The fourth-order valence-corrected chi connectivity index (χ4v) is 4.24. The molecule has 0 spiro atoms. The molecule has 0 N–H and O–H groups in total. The van der Waals surface area contributed by atoms with Crippen molar-refractivity contribution in [1.82, 2.24) is 4.90 Å². The Morgan fingerprint density at radius 2 is 2.00 bits per heavy atom. The molecule has 0 bridgehead atoms. The van der Waals surface area contributed by atoms with Crippen LogP contribution < -0.4 is 9.47 Å². The Balaban J connectivity index is 1.53. The maximum atomic E-state index is 13.8. The zero-order valence-corrected chi connectivity index (χ0v) is 18.4. The molecule has 32 heavy (non-hydrogen) atoms. The number of hydrogen-bond acceptors (Lipinski definition) is 7. The summed E-state index contributed by atoms with van der Waals surface area (Å²) in [4.78, 5) is 27.0. The lowest BCUT2D eigenvalue weighted by atomic mass is 10.1. The SMILES string of the molecule is COc1cc(/C=C2\SC(=S)N(Cc3ccco3)C2=O)ccc1OC(=O)c1ccccc1F. The minimum Gasteiger partial charge on any atom is -0.493 e. The second-order valence-electron chi connectivity index (χ2n) is 6.63. The van der Waals surface area contributed by atoms with Crippen LogP contribution in [0.2, 0.25) is 0 Å². The summed E-state index contributed by atoms with van der Waals surface area (Å²) in [5, 5.41) is 0. The number of thiocarbonyl (C=S) groups is 1. The molecule has 162 valence electrons. The van der Waals surface area contributed by atoms with Gasteiger partial charge in [-0.15, -0.1) is 0 Å². The normalized spacial score (nSPS) is 14.8. The minimum atomic E-state index is -0.840. The number of rotatable bonds is 6. The van der Waals surface area contributed by atoms with Gasteiger partial charge >= 0.3 is 5.97 Å². The van der Waals surface area contributed by atoms with Crippen molar-refractivity contribution in [3.8, 4) is 11.5 Å². The van der Waals surface area contributed by atoms with Gasteiger partial charge in [-0.05, 0) is 48.0 Å². The summed E-state index contributed by atoms with van der Waals surface area (Å²) in [6.45, 7) is 0.253. The number of furan rings is 1. The van der Waals surface area contributed by atoms with E-state index in [-0.39, 0.29) is 29.5 Å². The van der Waals surface area contributed by atoms with Crippen LogP contribution in [-0.2, 0) is 11.3 Å². The van der Waals surface area contributed by atoms with Gasteiger partial charge in [0.05, 0.1) is 30.4 Å². The number of carbonyl (C=O) groups is 2. The highest BCUT2D eigenvalue weighted by atomic mass is 32.2. The van der Waals surface area contributed by atoms with E-state index in [0.29, 0.717) is 20.5 Å². The number of amides is 1. The van der Waals surface area contributed by atoms with Gasteiger partial charge in [0, 0.05) is 0 Å². The molecule has 4 rings (SSSR count). The second-order valence-corrected chi connectivity index (χ2v) is 8.30. The summed E-state index contributed by atoms with van der Waals surface area (Å²) < 4.78 is 30.2. The van der Waals surface area contributed by atoms with Gasteiger partial charge in [0.15, 0.2) is 11.5 Å². The molecule has 1 fully saturated rings. The average molecular weight is 470 g/mol. The molecule has 2 heterocycles. The number of nitrogens with zero attached hydrogens (tertiary/aromatic N) is 1. The van der Waals surface area contributed by atoms with E-state index < -0.39 is 11.8 Å². The molecule has 1 saturated heterocycles. The summed E-state index contributed by atoms with van der Waals surface area (Å²) in [6, 6.07) is 13.9. The fraction of sp³-hybridized carbons (Fsp3) is 0.0870. The molecule has 3 aromatic rings. The first-order valence-corrected chi connectivity index (χ1v) is 10.6. The molecule has 2 aromatic carbocycles. The molecule has 0 radical (unpaired) electrons. The maximum Gasteiger partial charge on any atom is 0.346 e. The quantitative estimate of drug-likeness (QED) is 0.217. The first-order valence-electron chi connectivity index (χ1n) is 9.39. The summed E-state index contributed by atoms with van der Waals surface area (Å²) >= 11 is 6.52. The molecular formula is C23H16FNO5S2. The monoisotopic (exact) mass is 469 g/mol. The predicted molar refractivity (Wildman–Crippen MR) is 122 cm³/mol. The van der Waals surface area contributed by atoms with Crippen molar-refractivity contribution in [3.63, 3.8) is 0 Å². The standard InChI is InChI=1S/C23H16FNO5S2/c1-28-19-11-14(8-9-18(19)30-22(27)16-6-2-3-7-17(16)24)12-20-21(26)25(23(31)32-20)13-15-5-4-10-29-15/h2-12H,13H2,1H3/b20-12-. The fourth-order valence-electron chi connectivity index (χ4n) is 2.99. The van der Waals surface area contributed by atoms with E-state index in [1.807, 2.05) is 0 Å². The third-order valence-corrected chi connectivity index (χ3v) is 5.93. The van der Waals surface area contributed by atoms with Crippen molar-refractivity contribution in [2.45, 2.75) is 6.54 Å². The van der Waals surface area contributed by atoms with Crippen LogP contribution >= 0.6 is 24.0 Å². The maximum absolute atomic E-state index is 13.8. The van der Waals surface area contributed by atoms with Crippen LogP contribution in [0.4, 0.5) is 4.39 Å². The summed E-state index contributed by atoms with van der Waals surface area (Å²) in [7, 11) is 1.42. The molecule has 0 atom stereocenters. The van der Waals surface area contributed by atoms with E-state index in [9.17, 15) is 14.0 Å². The third-order valence-electron chi connectivity index (χ3n) is 4.55. The lowest BCUT2D eigenvalue weighted by Gasteiger charge is -2.12. The van der Waals surface area contributed by atoms with Crippen LogP contribution in [0.15, 0.2) is 70.2 Å². The van der Waals surface area contributed by atoms with E-state index >= 15 is 0 Å². The zero-order valence-electron chi connectivity index (χ0n) is 16.7. The van der Waals surface area contributed by atoms with Gasteiger partial charge in [0.25, 0.3) is 5.91 Å². The highest BCUT2D eigenvalue weighted by molar-refractivity contribution is 8.26. The Morgan fingerprint density at radius 3 is 2.72 bits per heavy atom. The van der Waals surface area contributed by atoms with Crippen LogP contribution in [-0.4, -0.2) is 28.2 Å². The number of benzene rings is 2. The average Bonchev–Trinajstić information content (AvgIpc) is 3.39.